The van der Waals surface area contributed by atoms with Gasteiger partial charge in [-0.05, 0) is 0 Å². The fourth-order valence-corrected chi connectivity index (χ4v) is 21.1. The van der Waals surface area contributed by atoms with Crippen molar-refractivity contribution in [2.75, 3.05) is 0 Å². The van der Waals surface area contributed by atoms with Gasteiger partial charge in [-0.15, -0.1) is 0 Å². The third kappa shape index (κ3) is 2.59. The molecule has 6 rings (SSSR count). The van der Waals surface area contributed by atoms with Crippen LogP contribution in [0.3, 0.4) is 0 Å². The molecule has 30 heavy (non-hydrogen) atoms. The van der Waals surface area contributed by atoms with E-state index in [2.05, 4.69) is 89.2 Å². The first-order valence-corrected chi connectivity index (χ1v) is 25.3. The van der Waals surface area contributed by atoms with Gasteiger partial charge in [0.05, 0.1) is 0 Å². The van der Waals surface area contributed by atoms with E-state index in [0.29, 0.717) is 0 Å². The second-order valence-electron chi connectivity index (χ2n) is 8.53. The molecule has 4 aromatic rings. The number of rotatable bonds is 2. The third-order valence-electron chi connectivity index (χ3n) is 6.76. The molecule has 0 amide bonds. The molecule has 0 fully saturated rings. The molecule has 0 unspecified atom stereocenters. The fraction of sp³-hybridized carbons (Fsp3) is 0.0741. The van der Waals surface area contributed by atoms with E-state index in [1.54, 1.807) is 0 Å². The monoisotopic (exact) mass is 594 g/mol. The van der Waals surface area contributed by atoms with Gasteiger partial charge in [0, 0.05) is 0 Å². The molecule has 0 aromatic heterocycles. The molecule has 0 saturated carbocycles. The zero-order chi connectivity index (χ0) is 20.5. The molecule has 2 aliphatic rings. The summed E-state index contributed by atoms with van der Waals surface area (Å²) in [6.07, 6.45) is 1.75. The average Bonchev–Trinajstić information content (AvgIpc) is 3.31. The van der Waals surface area contributed by atoms with E-state index in [1.807, 2.05) is 0 Å². The molecule has 0 radical (unpaired) electrons. The first-order chi connectivity index (χ1) is 14.4. The second kappa shape index (κ2) is 6.36. The van der Waals surface area contributed by atoms with Crippen LogP contribution in [-0.2, 0) is 28.5 Å². The van der Waals surface area contributed by atoms with Gasteiger partial charge < -0.3 is 0 Å². The van der Waals surface area contributed by atoms with Crippen LogP contribution in [0.4, 0.5) is 0 Å². The van der Waals surface area contributed by atoms with Gasteiger partial charge in [-0.25, -0.2) is 0 Å². The number of benzene rings is 4. The molecular formula is C27H20Cl2Hf. The summed E-state index contributed by atoms with van der Waals surface area (Å²) in [6, 6.07) is 30.0. The topological polar surface area (TPSA) is 0 Å². The molecular weight excluding hydrogens is 574 g/mol. The molecule has 0 N–H and O–H groups in total. The zero-order valence-electron chi connectivity index (χ0n) is 16.5. The van der Waals surface area contributed by atoms with Gasteiger partial charge in [-0.3, -0.25) is 0 Å². The summed E-state index contributed by atoms with van der Waals surface area (Å²) in [6.45, 7) is 0. The minimum absolute atomic E-state index is 0.873. The number of hydrogen-bond acceptors (Lipinski definition) is 0. The van der Waals surface area contributed by atoms with Crippen LogP contribution < -0.4 is 6.64 Å². The molecule has 146 valence electrons. The summed E-state index contributed by atoms with van der Waals surface area (Å²) in [5.41, 5.74) is 10.3. The molecule has 0 saturated heterocycles. The Morgan fingerprint density at radius 1 is 0.533 bits per heavy atom. The molecule has 0 bridgehead atoms. The van der Waals surface area contributed by atoms with Crippen molar-refractivity contribution >= 4 is 28.1 Å². The van der Waals surface area contributed by atoms with Crippen molar-refractivity contribution < 1.29 is 15.7 Å². The van der Waals surface area contributed by atoms with Crippen molar-refractivity contribution in [3.63, 3.8) is 0 Å². The van der Waals surface area contributed by atoms with E-state index < -0.39 is 15.7 Å². The van der Waals surface area contributed by atoms with Crippen LogP contribution >= 0.6 is 17.2 Å². The molecule has 0 atom stereocenters. The van der Waals surface area contributed by atoms with Crippen molar-refractivity contribution in [3.8, 4) is 22.3 Å². The molecule has 0 nitrogen and oxygen atoms in total. The van der Waals surface area contributed by atoms with E-state index in [9.17, 15) is 0 Å². The Balaban J connectivity index is 1.59. The minimum atomic E-state index is -4.90. The normalized spacial score (nSPS) is 14.1. The number of hydrogen-bond donors (Lipinski definition) is 0. The predicted octanol–water partition coefficient (Wildman–Crippen LogP) is 6.21. The van der Waals surface area contributed by atoms with Crippen molar-refractivity contribution in [2.45, 2.75) is 12.8 Å². The first-order valence-electron chi connectivity index (χ1n) is 10.3. The summed E-state index contributed by atoms with van der Waals surface area (Å²) in [5, 5.41) is 0. The van der Waals surface area contributed by atoms with Gasteiger partial charge in [0.25, 0.3) is 0 Å². The van der Waals surface area contributed by atoms with Gasteiger partial charge in [0.2, 0.25) is 0 Å². The van der Waals surface area contributed by atoms with Gasteiger partial charge >= 0.3 is 186 Å². The molecule has 0 spiro atoms. The Morgan fingerprint density at radius 3 is 1.40 bits per heavy atom. The van der Waals surface area contributed by atoms with E-state index in [0.717, 1.165) is 19.5 Å². The maximum absolute atomic E-state index is 7.57. The summed E-state index contributed by atoms with van der Waals surface area (Å²) in [5.74, 6) is 0. The van der Waals surface area contributed by atoms with Crippen LogP contribution in [-0.4, -0.2) is 4.26 Å². The van der Waals surface area contributed by atoms with Crippen LogP contribution in [0.15, 0.2) is 84.9 Å². The maximum atomic E-state index is 7.57. The molecule has 0 heterocycles. The molecule has 3 heteroatoms. The van der Waals surface area contributed by atoms with Crippen molar-refractivity contribution in [1.29, 1.82) is 0 Å². The van der Waals surface area contributed by atoms with Gasteiger partial charge in [-0.1, -0.05) is 0 Å². The average molecular weight is 594 g/mol. The van der Waals surface area contributed by atoms with Crippen molar-refractivity contribution in [1.82, 2.24) is 0 Å². The van der Waals surface area contributed by atoms with Crippen LogP contribution in [0.5, 0.6) is 0 Å². The fourth-order valence-electron chi connectivity index (χ4n) is 5.38. The standard InChI is InChI=1S/2C13H9.CH2.2ClH.Hf/c2*1-3-7-12-10(5-1)9-11-6-2-4-8-13(11)12;;;;/h2*1-5,7-8H,9H2;1H2;2*1H;/q;;;;;+2/p-2. The Bertz CT molecular complexity index is 1320. The van der Waals surface area contributed by atoms with E-state index in [1.165, 1.54) is 44.5 Å². The van der Waals surface area contributed by atoms with Crippen LogP contribution in [0.1, 0.15) is 22.3 Å². The van der Waals surface area contributed by atoms with E-state index in [-0.39, 0.29) is 0 Å². The molecule has 4 aromatic carbocycles. The molecule has 2 aliphatic carbocycles. The molecule has 0 aliphatic heterocycles. The Hall–Kier alpha value is -1.80. The quantitative estimate of drug-likeness (QED) is 0.210. The SMILES string of the molecule is [CH2]=[Hf]([Cl])([Cl])([c]1cccc2c1Cc1ccccc1-2)[c]1cccc2c1Cc1ccccc1-2. The summed E-state index contributed by atoms with van der Waals surface area (Å²) in [7, 11) is 15.1. The zero-order valence-corrected chi connectivity index (χ0v) is 21.6. The van der Waals surface area contributed by atoms with Crippen LogP contribution in [0.2, 0.25) is 0 Å². The van der Waals surface area contributed by atoms with Crippen molar-refractivity contribution in [2.24, 2.45) is 0 Å². The summed E-state index contributed by atoms with van der Waals surface area (Å²) < 4.78 is 6.86. The number of halogens is 2. The Labute approximate surface area is 184 Å². The van der Waals surface area contributed by atoms with E-state index >= 15 is 0 Å². The predicted molar refractivity (Wildman–Crippen MR) is 127 cm³/mol. The number of fused-ring (bicyclic) bond motifs is 6. The summed E-state index contributed by atoms with van der Waals surface area (Å²) >= 11 is -4.90. The second-order valence-corrected chi connectivity index (χ2v) is 36.2. The van der Waals surface area contributed by atoms with Gasteiger partial charge in [-0.2, -0.15) is 0 Å². The first kappa shape index (κ1) is 18.9. The van der Waals surface area contributed by atoms with Gasteiger partial charge in [0.15, 0.2) is 0 Å². The van der Waals surface area contributed by atoms with Crippen LogP contribution in [0.25, 0.3) is 22.3 Å². The summed E-state index contributed by atoms with van der Waals surface area (Å²) in [4.78, 5) is 0. The van der Waals surface area contributed by atoms with E-state index in [4.69, 9.17) is 17.2 Å². The van der Waals surface area contributed by atoms with Gasteiger partial charge in [0.1, 0.15) is 0 Å². The third-order valence-corrected chi connectivity index (χ3v) is 24.4. The van der Waals surface area contributed by atoms with Crippen LogP contribution in [0, 0.1) is 0 Å². The Morgan fingerprint density at radius 2 is 0.933 bits per heavy atom. The van der Waals surface area contributed by atoms with Crippen molar-refractivity contribution in [3.05, 3.63) is 107 Å². The Kier molecular flexibility index (Phi) is 4.01.